The number of benzene rings is 1. The minimum Gasteiger partial charge on any atom is -0.391 e. The number of halogens is 1. The number of aliphatic hydroxyl groups excluding tert-OH is 1. The van der Waals surface area contributed by atoms with E-state index < -0.39 is 0 Å². The third kappa shape index (κ3) is 1.86. The Kier molecular flexibility index (Phi) is 2.74. The van der Waals surface area contributed by atoms with Crippen LogP contribution in [-0.2, 0) is 0 Å². The minimum absolute atomic E-state index is 0.228. The van der Waals surface area contributed by atoms with Gasteiger partial charge in [-0.2, -0.15) is 0 Å². The first kappa shape index (κ1) is 11.5. The molecule has 1 unspecified atom stereocenters. The van der Waals surface area contributed by atoms with Crippen LogP contribution in [0.25, 0.3) is 10.9 Å². The molecule has 1 aromatic heterocycles. The van der Waals surface area contributed by atoms with Gasteiger partial charge >= 0.3 is 0 Å². The van der Waals surface area contributed by atoms with Gasteiger partial charge in [0.25, 0.3) is 0 Å². The number of β-amino-alcohol motifs (C(OH)–C–C–N with tert-alkyl or cyclic N) is 1. The van der Waals surface area contributed by atoms with Gasteiger partial charge in [0.15, 0.2) is 0 Å². The third-order valence-corrected chi connectivity index (χ3v) is 3.63. The van der Waals surface area contributed by atoms with Crippen LogP contribution in [0.1, 0.15) is 18.5 Å². The fourth-order valence-electron chi connectivity index (χ4n) is 2.85. The molecule has 0 spiro atoms. The first-order chi connectivity index (χ1) is 8.65. The highest BCUT2D eigenvalue weighted by Crippen LogP contribution is 2.32. The van der Waals surface area contributed by atoms with Crippen molar-refractivity contribution < 1.29 is 9.50 Å². The molecule has 0 bridgehead atoms. The summed E-state index contributed by atoms with van der Waals surface area (Å²) in [6, 6.07) is 4.82. The Morgan fingerprint density at radius 2 is 2.28 bits per heavy atom. The Balaban J connectivity index is 2.07. The number of rotatable bonds is 1. The number of H-pyrrole nitrogens is 1. The molecular formula is C14H17FN2O. The van der Waals surface area contributed by atoms with Gasteiger partial charge in [0.05, 0.1) is 17.3 Å². The van der Waals surface area contributed by atoms with Gasteiger partial charge in [0.1, 0.15) is 5.82 Å². The summed E-state index contributed by atoms with van der Waals surface area (Å²) in [4.78, 5) is 5.41. The SMILES string of the molecule is Cc1[nH]c2cc(F)ccc2c1N1CCCC(O)C1. The summed E-state index contributed by atoms with van der Waals surface area (Å²) >= 11 is 0. The number of nitrogens with zero attached hydrogens (tertiary/aromatic N) is 1. The van der Waals surface area contributed by atoms with Gasteiger partial charge < -0.3 is 15.0 Å². The fraction of sp³-hybridized carbons (Fsp3) is 0.429. The smallest absolute Gasteiger partial charge is 0.125 e. The van der Waals surface area contributed by atoms with Crippen molar-refractivity contribution >= 4 is 16.6 Å². The van der Waals surface area contributed by atoms with Gasteiger partial charge in [-0.1, -0.05) is 0 Å². The predicted octanol–water partition coefficient (Wildman–Crippen LogP) is 2.58. The molecule has 3 nitrogen and oxygen atoms in total. The average Bonchev–Trinajstić information content (AvgIpc) is 2.64. The van der Waals surface area contributed by atoms with Crippen molar-refractivity contribution in [2.24, 2.45) is 0 Å². The zero-order valence-electron chi connectivity index (χ0n) is 10.4. The van der Waals surface area contributed by atoms with Crippen molar-refractivity contribution in [3.63, 3.8) is 0 Å². The number of nitrogens with one attached hydrogen (secondary N) is 1. The number of aliphatic hydroxyl groups is 1. The monoisotopic (exact) mass is 248 g/mol. The molecule has 1 saturated heterocycles. The Morgan fingerprint density at radius 3 is 3.06 bits per heavy atom. The number of fused-ring (bicyclic) bond motifs is 1. The standard InChI is InChI=1S/C14H17FN2O/c1-9-14(17-6-2-3-11(18)8-17)12-5-4-10(15)7-13(12)16-9/h4-5,7,11,16,18H,2-3,6,8H2,1H3. The Labute approximate surface area is 105 Å². The van der Waals surface area contributed by atoms with E-state index in [2.05, 4.69) is 9.88 Å². The van der Waals surface area contributed by atoms with E-state index in [-0.39, 0.29) is 11.9 Å². The van der Waals surface area contributed by atoms with Crippen LogP contribution in [0.5, 0.6) is 0 Å². The van der Waals surface area contributed by atoms with Crippen molar-refractivity contribution in [3.8, 4) is 0 Å². The summed E-state index contributed by atoms with van der Waals surface area (Å²) in [6.07, 6.45) is 1.60. The summed E-state index contributed by atoms with van der Waals surface area (Å²) in [5.74, 6) is -0.228. The van der Waals surface area contributed by atoms with E-state index in [1.165, 1.54) is 12.1 Å². The number of aryl methyl sites for hydroxylation is 1. The summed E-state index contributed by atoms with van der Waals surface area (Å²) in [7, 11) is 0. The quantitative estimate of drug-likeness (QED) is 0.814. The van der Waals surface area contributed by atoms with E-state index in [4.69, 9.17) is 0 Å². The van der Waals surface area contributed by atoms with Gasteiger partial charge in [0.2, 0.25) is 0 Å². The second-order valence-corrected chi connectivity index (χ2v) is 5.03. The largest absolute Gasteiger partial charge is 0.391 e. The van der Waals surface area contributed by atoms with E-state index in [0.717, 1.165) is 41.7 Å². The highest BCUT2D eigenvalue weighted by atomic mass is 19.1. The van der Waals surface area contributed by atoms with E-state index in [0.29, 0.717) is 6.54 Å². The molecular weight excluding hydrogens is 231 g/mol. The van der Waals surface area contributed by atoms with E-state index >= 15 is 0 Å². The minimum atomic E-state index is -0.261. The first-order valence-corrected chi connectivity index (χ1v) is 6.36. The van der Waals surface area contributed by atoms with Crippen molar-refractivity contribution in [2.45, 2.75) is 25.9 Å². The van der Waals surface area contributed by atoms with Gasteiger partial charge in [-0.3, -0.25) is 0 Å². The van der Waals surface area contributed by atoms with Crippen molar-refractivity contribution in [1.82, 2.24) is 4.98 Å². The maximum Gasteiger partial charge on any atom is 0.125 e. The van der Waals surface area contributed by atoms with Gasteiger partial charge in [0, 0.05) is 24.2 Å². The summed E-state index contributed by atoms with van der Waals surface area (Å²) in [5, 5.41) is 10.8. The van der Waals surface area contributed by atoms with Crippen LogP contribution in [0.4, 0.5) is 10.1 Å². The van der Waals surface area contributed by atoms with Gasteiger partial charge in [-0.05, 0) is 38.0 Å². The average molecular weight is 248 g/mol. The zero-order valence-corrected chi connectivity index (χ0v) is 10.4. The summed E-state index contributed by atoms with van der Waals surface area (Å²) < 4.78 is 13.2. The van der Waals surface area contributed by atoms with Crippen LogP contribution >= 0.6 is 0 Å². The molecule has 3 rings (SSSR count). The van der Waals surface area contributed by atoms with Crippen molar-refractivity contribution in [1.29, 1.82) is 0 Å². The maximum absolute atomic E-state index is 13.2. The molecule has 1 aliphatic rings. The second kappa shape index (κ2) is 4.28. The van der Waals surface area contributed by atoms with Gasteiger partial charge in [-0.15, -0.1) is 0 Å². The number of aromatic nitrogens is 1. The number of hydrogen-bond donors (Lipinski definition) is 2. The molecule has 0 saturated carbocycles. The molecule has 1 aromatic carbocycles. The van der Waals surface area contributed by atoms with Crippen LogP contribution in [0, 0.1) is 12.7 Å². The second-order valence-electron chi connectivity index (χ2n) is 5.03. The molecule has 4 heteroatoms. The molecule has 0 amide bonds. The fourth-order valence-corrected chi connectivity index (χ4v) is 2.85. The molecule has 1 atom stereocenters. The first-order valence-electron chi connectivity index (χ1n) is 6.36. The lowest BCUT2D eigenvalue weighted by Gasteiger charge is -2.32. The van der Waals surface area contributed by atoms with Crippen LogP contribution in [-0.4, -0.2) is 29.3 Å². The molecule has 0 radical (unpaired) electrons. The normalized spacial score (nSPS) is 20.6. The number of hydrogen-bond acceptors (Lipinski definition) is 2. The van der Waals surface area contributed by atoms with Gasteiger partial charge in [-0.25, -0.2) is 4.39 Å². The molecule has 0 aliphatic carbocycles. The van der Waals surface area contributed by atoms with E-state index in [9.17, 15) is 9.50 Å². The lowest BCUT2D eigenvalue weighted by molar-refractivity contribution is 0.154. The highest BCUT2D eigenvalue weighted by Gasteiger charge is 2.22. The maximum atomic E-state index is 13.2. The van der Waals surface area contributed by atoms with E-state index in [1.54, 1.807) is 0 Å². The molecule has 18 heavy (non-hydrogen) atoms. The molecule has 2 N–H and O–H groups in total. The van der Waals surface area contributed by atoms with Crippen LogP contribution in [0.2, 0.25) is 0 Å². The molecule has 2 heterocycles. The lowest BCUT2D eigenvalue weighted by atomic mass is 10.1. The van der Waals surface area contributed by atoms with Crippen molar-refractivity contribution in [2.75, 3.05) is 18.0 Å². The number of piperidine rings is 1. The van der Waals surface area contributed by atoms with E-state index in [1.807, 2.05) is 13.0 Å². The molecule has 1 aliphatic heterocycles. The van der Waals surface area contributed by atoms with Crippen molar-refractivity contribution in [3.05, 3.63) is 29.7 Å². The summed E-state index contributed by atoms with van der Waals surface area (Å²) in [6.45, 7) is 3.60. The highest BCUT2D eigenvalue weighted by molar-refractivity contribution is 5.94. The molecule has 2 aromatic rings. The zero-order chi connectivity index (χ0) is 12.7. The Hall–Kier alpha value is -1.55. The predicted molar refractivity (Wildman–Crippen MR) is 70.4 cm³/mol. The van der Waals surface area contributed by atoms with Crippen LogP contribution < -0.4 is 4.90 Å². The van der Waals surface area contributed by atoms with Crippen LogP contribution in [0.3, 0.4) is 0 Å². The Bertz CT molecular complexity index is 578. The topological polar surface area (TPSA) is 39.3 Å². The molecule has 1 fully saturated rings. The number of aromatic amines is 1. The number of anilines is 1. The Morgan fingerprint density at radius 1 is 1.44 bits per heavy atom. The van der Waals surface area contributed by atoms with Crippen LogP contribution in [0.15, 0.2) is 18.2 Å². The lowest BCUT2D eigenvalue weighted by Crippen LogP contribution is -2.38. The third-order valence-electron chi connectivity index (χ3n) is 3.63. The summed E-state index contributed by atoms with van der Waals surface area (Å²) in [5.41, 5.74) is 2.95. The molecule has 96 valence electrons.